The molecule has 3 aromatic heterocycles. The minimum Gasteiger partial charge on any atom is -0.325 e. The highest BCUT2D eigenvalue weighted by Gasteiger charge is 2.16. The number of aryl methyl sites for hydroxylation is 2. The molecular weight excluding hydrogens is 362 g/mol. The van der Waals surface area contributed by atoms with E-state index < -0.39 is 0 Å². The highest BCUT2D eigenvalue weighted by atomic mass is 32.1. The average Bonchev–Trinajstić information content (AvgIpc) is 3.28. The lowest BCUT2D eigenvalue weighted by Gasteiger charge is -2.12. The van der Waals surface area contributed by atoms with Crippen molar-refractivity contribution in [2.24, 2.45) is 0 Å². The number of carbonyl (C=O) groups is 1. The zero-order valence-corrected chi connectivity index (χ0v) is 15.7. The van der Waals surface area contributed by atoms with Crippen molar-refractivity contribution in [1.82, 2.24) is 19.2 Å². The number of rotatable bonds is 4. The van der Waals surface area contributed by atoms with E-state index in [9.17, 15) is 9.59 Å². The van der Waals surface area contributed by atoms with Crippen LogP contribution in [0.1, 0.15) is 11.3 Å². The van der Waals surface area contributed by atoms with Crippen LogP contribution >= 0.6 is 11.3 Å². The number of nitrogens with zero attached hydrogens (tertiary/aromatic N) is 4. The van der Waals surface area contributed by atoms with Gasteiger partial charge in [0, 0.05) is 17.4 Å². The van der Waals surface area contributed by atoms with E-state index in [1.54, 1.807) is 11.5 Å². The van der Waals surface area contributed by atoms with Gasteiger partial charge in [0.15, 0.2) is 5.82 Å². The summed E-state index contributed by atoms with van der Waals surface area (Å²) in [5, 5.41) is 9.11. The molecule has 0 atom stereocenters. The fourth-order valence-corrected chi connectivity index (χ4v) is 3.53. The molecule has 1 aromatic carbocycles. The molecule has 0 aliphatic carbocycles. The van der Waals surface area contributed by atoms with Crippen LogP contribution in [0.25, 0.3) is 16.5 Å². The van der Waals surface area contributed by atoms with Crippen LogP contribution in [0, 0.1) is 13.8 Å². The van der Waals surface area contributed by atoms with E-state index in [4.69, 9.17) is 0 Å². The number of fused-ring (bicyclic) bond motifs is 1. The minimum absolute atomic E-state index is 0.0339. The maximum Gasteiger partial charge on any atom is 0.275 e. The zero-order chi connectivity index (χ0) is 19.0. The normalized spacial score (nSPS) is 11.0. The summed E-state index contributed by atoms with van der Waals surface area (Å²) in [6.45, 7) is 3.78. The summed E-state index contributed by atoms with van der Waals surface area (Å²) in [5.41, 5.74) is 2.17. The molecule has 0 spiro atoms. The van der Waals surface area contributed by atoms with Gasteiger partial charge in [0.05, 0.1) is 4.88 Å². The van der Waals surface area contributed by atoms with Crippen molar-refractivity contribution in [3.63, 3.8) is 0 Å². The molecule has 0 aliphatic rings. The fraction of sp³-hybridized carbons (Fsp3) is 0.158. The zero-order valence-electron chi connectivity index (χ0n) is 14.8. The molecule has 1 N–H and O–H groups in total. The Hall–Kier alpha value is -3.26. The second kappa shape index (κ2) is 6.81. The number of thiophene rings is 1. The van der Waals surface area contributed by atoms with Crippen LogP contribution in [0.15, 0.2) is 52.6 Å². The first-order chi connectivity index (χ1) is 13.0. The Kier molecular flexibility index (Phi) is 4.33. The predicted octanol–water partition coefficient (Wildman–Crippen LogP) is 2.88. The van der Waals surface area contributed by atoms with Crippen molar-refractivity contribution in [3.05, 3.63) is 69.5 Å². The Balaban J connectivity index is 1.70. The standard InChI is InChI=1S/C19H17N5O2S/c1-12-5-3-6-14(9-12)20-16(25)11-23-13(2)10-17(26)24-19(23)21-18(22-24)15-7-4-8-27-15/h3-10H,11H2,1-2H3,(H,20,25). The van der Waals surface area contributed by atoms with E-state index in [0.717, 1.165) is 16.1 Å². The largest absolute Gasteiger partial charge is 0.325 e. The molecule has 0 bridgehead atoms. The smallest absolute Gasteiger partial charge is 0.275 e. The first-order valence-corrected chi connectivity index (χ1v) is 9.27. The lowest BCUT2D eigenvalue weighted by atomic mass is 10.2. The highest BCUT2D eigenvalue weighted by Crippen LogP contribution is 2.21. The van der Waals surface area contributed by atoms with Crippen LogP contribution in [0.3, 0.4) is 0 Å². The third-order valence-corrected chi connectivity index (χ3v) is 5.01. The molecule has 7 nitrogen and oxygen atoms in total. The first kappa shape index (κ1) is 17.2. The lowest BCUT2D eigenvalue weighted by molar-refractivity contribution is -0.116. The molecule has 4 rings (SSSR count). The van der Waals surface area contributed by atoms with Crippen LogP contribution in [-0.4, -0.2) is 25.1 Å². The van der Waals surface area contributed by atoms with Crippen LogP contribution in [-0.2, 0) is 11.3 Å². The Morgan fingerprint density at radius 2 is 2.04 bits per heavy atom. The predicted molar refractivity (Wildman–Crippen MR) is 105 cm³/mol. The molecule has 3 heterocycles. The first-order valence-electron chi connectivity index (χ1n) is 8.39. The molecule has 136 valence electrons. The molecule has 0 radical (unpaired) electrons. The van der Waals surface area contributed by atoms with Crippen molar-refractivity contribution < 1.29 is 4.79 Å². The number of nitrogens with one attached hydrogen (secondary N) is 1. The number of hydrogen-bond donors (Lipinski definition) is 1. The summed E-state index contributed by atoms with van der Waals surface area (Å²) < 4.78 is 2.93. The maximum absolute atomic E-state index is 12.5. The van der Waals surface area contributed by atoms with E-state index in [1.807, 2.05) is 48.7 Å². The second-order valence-electron chi connectivity index (χ2n) is 6.25. The molecular formula is C19H17N5O2S. The van der Waals surface area contributed by atoms with Crippen LogP contribution < -0.4 is 10.9 Å². The van der Waals surface area contributed by atoms with Gasteiger partial charge in [-0.2, -0.15) is 9.50 Å². The van der Waals surface area contributed by atoms with Crippen molar-refractivity contribution >= 4 is 28.7 Å². The van der Waals surface area contributed by atoms with Crippen molar-refractivity contribution in [2.45, 2.75) is 20.4 Å². The fourth-order valence-electron chi connectivity index (χ4n) is 2.87. The van der Waals surface area contributed by atoms with Crippen LogP contribution in [0.4, 0.5) is 5.69 Å². The number of hydrogen-bond acceptors (Lipinski definition) is 5. The molecule has 0 saturated carbocycles. The van der Waals surface area contributed by atoms with Crippen molar-refractivity contribution in [2.75, 3.05) is 5.32 Å². The van der Waals surface area contributed by atoms with Gasteiger partial charge in [-0.05, 0) is 43.0 Å². The Morgan fingerprint density at radius 1 is 1.19 bits per heavy atom. The molecule has 1 amide bonds. The summed E-state index contributed by atoms with van der Waals surface area (Å²) >= 11 is 1.50. The van der Waals surface area contributed by atoms with Gasteiger partial charge < -0.3 is 9.88 Å². The van der Waals surface area contributed by atoms with E-state index in [0.29, 0.717) is 17.3 Å². The average molecular weight is 379 g/mol. The lowest BCUT2D eigenvalue weighted by Crippen LogP contribution is -2.25. The minimum atomic E-state index is -0.270. The summed E-state index contributed by atoms with van der Waals surface area (Å²) in [6, 6.07) is 12.8. The van der Waals surface area contributed by atoms with Gasteiger partial charge in [0.25, 0.3) is 5.56 Å². The summed E-state index contributed by atoms with van der Waals surface area (Å²) in [5.74, 6) is 0.623. The number of aromatic nitrogens is 4. The molecule has 0 unspecified atom stereocenters. The topological polar surface area (TPSA) is 81.3 Å². The Bertz CT molecular complexity index is 1190. The van der Waals surface area contributed by atoms with Gasteiger partial charge in [-0.25, -0.2) is 0 Å². The van der Waals surface area contributed by atoms with Crippen LogP contribution in [0.5, 0.6) is 0 Å². The van der Waals surface area contributed by atoms with Gasteiger partial charge in [0.2, 0.25) is 11.7 Å². The SMILES string of the molecule is Cc1cccc(NC(=O)Cn2c(C)cc(=O)n3nc(-c4cccs4)nc23)c1. The quantitative estimate of drug-likeness (QED) is 0.591. The van der Waals surface area contributed by atoms with Gasteiger partial charge in [-0.1, -0.05) is 18.2 Å². The number of carbonyl (C=O) groups excluding carboxylic acids is 1. The monoisotopic (exact) mass is 379 g/mol. The van der Waals surface area contributed by atoms with Gasteiger partial charge in [-0.3, -0.25) is 9.59 Å². The van der Waals surface area contributed by atoms with E-state index >= 15 is 0 Å². The highest BCUT2D eigenvalue weighted by molar-refractivity contribution is 7.13. The second-order valence-corrected chi connectivity index (χ2v) is 7.20. The van der Waals surface area contributed by atoms with Gasteiger partial charge >= 0.3 is 0 Å². The molecule has 27 heavy (non-hydrogen) atoms. The van der Waals surface area contributed by atoms with Gasteiger partial charge in [-0.15, -0.1) is 16.4 Å². The molecule has 4 aromatic rings. The molecule has 0 saturated heterocycles. The Labute approximate surface area is 158 Å². The molecule has 0 fully saturated rings. The molecule has 0 aliphatic heterocycles. The Morgan fingerprint density at radius 3 is 2.78 bits per heavy atom. The van der Waals surface area contributed by atoms with Gasteiger partial charge in [0.1, 0.15) is 6.54 Å². The third-order valence-electron chi connectivity index (χ3n) is 4.14. The van der Waals surface area contributed by atoms with Crippen molar-refractivity contribution in [1.29, 1.82) is 0 Å². The van der Waals surface area contributed by atoms with Crippen molar-refractivity contribution in [3.8, 4) is 10.7 Å². The number of benzene rings is 1. The number of anilines is 1. The third kappa shape index (κ3) is 3.39. The summed E-state index contributed by atoms with van der Waals surface area (Å²) in [7, 11) is 0. The number of amides is 1. The van der Waals surface area contributed by atoms with Crippen LogP contribution in [0.2, 0.25) is 0 Å². The van der Waals surface area contributed by atoms with E-state index in [-0.39, 0.29) is 18.0 Å². The summed E-state index contributed by atoms with van der Waals surface area (Å²) in [4.78, 5) is 30.2. The summed E-state index contributed by atoms with van der Waals surface area (Å²) in [6.07, 6.45) is 0. The molecule has 8 heteroatoms. The van der Waals surface area contributed by atoms with E-state index in [2.05, 4.69) is 15.4 Å². The maximum atomic E-state index is 12.5. The van der Waals surface area contributed by atoms with E-state index in [1.165, 1.54) is 21.9 Å².